The minimum absolute atomic E-state index is 0.108. The van der Waals surface area contributed by atoms with Crippen LogP contribution in [0.25, 0.3) is 0 Å². The number of rotatable bonds is 89. The Balaban J connectivity index is 5.21. The summed E-state index contributed by atoms with van der Waals surface area (Å²) in [5.74, 6) is -0.571. The number of phosphoric acid groups is 2. The Morgan fingerprint density at radius 3 is 0.624 bits per heavy atom. The fourth-order valence-electron chi connectivity index (χ4n) is 14.1. The highest BCUT2D eigenvalue weighted by atomic mass is 31.2. The Morgan fingerprint density at radius 2 is 0.422 bits per heavy atom. The zero-order valence-electron chi connectivity index (χ0n) is 71.9. The Morgan fingerprint density at radius 1 is 0.248 bits per heavy atom. The fourth-order valence-corrected chi connectivity index (χ4v) is 15.7. The van der Waals surface area contributed by atoms with E-state index in [4.69, 9.17) is 37.0 Å². The molecule has 0 saturated heterocycles. The summed E-state index contributed by atoms with van der Waals surface area (Å²) in [6.07, 6.45) is 75.3. The Bertz CT molecular complexity index is 2080. The molecule has 5 atom stereocenters. The number of ether oxygens (including phenoxy) is 4. The first-order valence-electron chi connectivity index (χ1n) is 46.5. The third kappa shape index (κ3) is 83.8. The number of carbonyl (C=O) groups excluding carboxylic acids is 4. The topological polar surface area (TPSA) is 237 Å². The number of aliphatic hydroxyl groups is 1. The highest BCUT2D eigenvalue weighted by molar-refractivity contribution is 7.47. The first-order chi connectivity index (χ1) is 52.9. The van der Waals surface area contributed by atoms with Crippen molar-refractivity contribution in [2.45, 2.75) is 503 Å². The van der Waals surface area contributed by atoms with E-state index in [0.29, 0.717) is 31.6 Å². The van der Waals surface area contributed by atoms with E-state index in [-0.39, 0.29) is 25.7 Å². The summed E-state index contributed by atoms with van der Waals surface area (Å²) in [6.45, 7) is 9.67. The van der Waals surface area contributed by atoms with Gasteiger partial charge in [0.1, 0.15) is 19.3 Å². The van der Waals surface area contributed by atoms with E-state index in [2.05, 4.69) is 41.5 Å². The van der Waals surface area contributed by atoms with Gasteiger partial charge >= 0.3 is 39.5 Å². The molecular formula is C90H176O17P2. The standard InChI is InChI=1S/C90H176O17P2/c1-7-9-11-13-15-17-19-21-23-25-26-27-28-29-34-38-42-46-50-56-63-69-74-89(94)106-85(78-100-87(92)72-66-60-54-48-44-40-37-33-31-30-32-35-39-43-47-52-58-64-70-82(3)4)80-104-108(96,97)102-76-84(91)77-103-109(98,99)105-81-86(79-101-88(93)73-67-61-57-51-53-59-65-71-83(5)6)107-90(95)75-68-62-55-49-45-41-36-24-22-20-18-16-14-12-10-8-2/h82-86,91H,7-81H2,1-6H3,(H,96,97)(H,98,99)/t84-,85-,86-/m1/s1. The Labute approximate surface area is 670 Å². The first kappa shape index (κ1) is 107. The van der Waals surface area contributed by atoms with Gasteiger partial charge in [-0.2, -0.15) is 0 Å². The molecule has 0 saturated carbocycles. The molecule has 19 heteroatoms. The molecule has 0 heterocycles. The van der Waals surface area contributed by atoms with E-state index < -0.39 is 97.5 Å². The number of hydrogen-bond acceptors (Lipinski definition) is 15. The minimum atomic E-state index is -4.97. The lowest BCUT2D eigenvalue weighted by molar-refractivity contribution is -0.161. The molecule has 0 aromatic heterocycles. The van der Waals surface area contributed by atoms with Crippen LogP contribution in [-0.2, 0) is 65.4 Å². The second kappa shape index (κ2) is 81.2. The third-order valence-electron chi connectivity index (χ3n) is 21.2. The summed E-state index contributed by atoms with van der Waals surface area (Å²) < 4.78 is 69.0. The molecule has 0 amide bonds. The van der Waals surface area contributed by atoms with E-state index in [9.17, 15) is 43.2 Å². The molecular weight excluding hydrogens is 1410 g/mol. The fraction of sp³-hybridized carbons (Fsp3) is 0.956. The van der Waals surface area contributed by atoms with Crippen molar-refractivity contribution < 1.29 is 80.2 Å². The maximum atomic E-state index is 13.2. The monoisotopic (exact) mass is 1590 g/mol. The summed E-state index contributed by atoms with van der Waals surface area (Å²) in [4.78, 5) is 73.3. The van der Waals surface area contributed by atoms with Crippen LogP contribution in [0.4, 0.5) is 0 Å². The van der Waals surface area contributed by atoms with Crippen LogP contribution < -0.4 is 0 Å². The van der Waals surface area contributed by atoms with Crippen molar-refractivity contribution in [1.82, 2.24) is 0 Å². The van der Waals surface area contributed by atoms with Gasteiger partial charge in [-0.05, 0) is 37.5 Å². The Hall–Kier alpha value is -1.94. The molecule has 3 N–H and O–H groups in total. The average Bonchev–Trinajstić information content (AvgIpc) is 0.899. The normalized spacial score (nSPS) is 13.8. The number of aliphatic hydroxyl groups excluding tert-OH is 1. The molecule has 17 nitrogen and oxygen atoms in total. The van der Waals surface area contributed by atoms with Crippen molar-refractivity contribution >= 4 is 39.5 Å². The molecule has 0 rings (SSSR count). The zero-order chi connectivity index (χ0) is 79.9. The molecule has 0 radical (unpaired) electrons. The molecule has 0 aromatic carbocycles. The van der Waals surface area contributed by atoms with Crippen LogP contribution >= 0.6 is 15.6 Å². The van der Waals surface area contributed by atoms with Gasteiger partial charge in [0.2, 0.25) is 0 Å². The van der Waals surface area contributed by atoms with E-state index in [0.717, 1.165) is 102 Å². The molecule has 0 bridgehead atoms. The second-order valence-electron chi connectivity index (χ2n) is 33.3. The number of phosphoric ester groups is 2. The maximum Gasteiger partial charge on any atom is 0.472 e. The lowest BCUT2D eigenvalue weighted by atomic mass is 10.0. The number of hydrogen-bond donors (Lipinski definition) is 3. The van der Waals surface area contributed by atoms with Crippen molar-refractivity contribution in [2.75, 3.05) is 39.6 Å². The minimum Gasteiger partial charge on any atom is -0.462 e. The van der Waals surface area contributed by atoms with Gasteiger partial charge < -0.3 is 33.8 Å². The summed E-state index contributed by atoms with van der Waals surface area (Å²) in [5.41, 5.74) is 0. The average molecular weight is 1590 g/mol. The molecule has 0 aromatic rings. The van der Waals surface area contributed by atoms with Gasteiger partial charge in [0.15, 0.2) is 12.2 Å². The summed E-state index contributed by atoms with van der Waals surface area (Å²) >= 11 is 0. The van der Waals surface area contributed by atoms with Crippen molar-refractivity contribution in [2.24, 2.45) is 11.8 Å². The van der Waals surface area contributed by atoms with E-state index in [1.165, 1.54) is 295 Å². The maximum absolute atomic E-state index is 13.2. The van der Waals surface area contributed by atoms with E-state index in [1.807, 2.05) is 0 Å². The van der Waals surface area contributed by atoms with Crippen molar-refractivity contribution in [3.8, 4) is 0 Å². The van der Waals surface area contributed by atoms with Gasteiger partial charge in [0.05, 0.1) is 26.4 Å². The predicted octanol–water partition coefficient (Wildman–Crippen LogP) is 27.8. The molecule has 109 heavy (non-hydrogen) atoms. The predicted molar refractivity (Wildman–Crippen MR) is 451 cm³/mol. The lowest BCUT2D eigenvalue weighted by Crippen LogP contribution is -2.30. The molecule has 0 aliphatic rings. The molecule has 0 aliphatic heterocycles. The third-order valence-corrected chi connectivity index (χ3v) is 23.1. The largest absolute Gasteiger partial charge is 0.472 e. The van der Waals surface area contributed by atoms with Crippen LogP contribution in [-0.4, -0.2) is 96.7 Å². The number of esters is 4. The summed E-state index contributed by atoms with van der Waals surface area (Å²) in [5, 5.41) is 10.7. The van der Waals surface area contributed by atoms with Crippen LogP contribution in [0.15, 0.2) is 0 Å². The lowest BCUT2D eigenvalue weighted by Gasteiger charge is -2.21. The van der Waals surface area contributed by atoms with Gasteiger partial charge in [-0.3, -0.25) is 37.3 Å². The molecule has 2 unspecified atom stereocenters. The summed E-state index contributed by atoms with van der Waals surface area (Å²) in [7, 11) is -9.93. The van der Waals surface area contributed by atoms with Gasteiger partial charge in [-0.1, -0.05) is 433 Å². The van der Waals surface area contributed by atoms with Crippen LogP contribution in [0.5, 0.6) is 0 Å². The van der Waals surface area contributed by atoms with Gasteiger partial charge in [-0.25, -0.2) is 9.13 Å². The van der Waals surface area contributed by atoms with Gasteiger partial charge in [-0.15, -0.1) is 0 Å². The molecule has 0 spiro atoms. The smallest absolute Gasteiger partial charge is 0.462 e. The molecule has 0 fully saturated rings. The Kier molecular flexibility index (Phi) is 79.8. The van der Waals surface area contributed by atoms with Crippen LogP contribution in [0.3, 0.4) is 0 Å². The van der Waals surface area contributed by atoms with Gasteiger partial charge in [0.25, 0.3) is 0 Å². The van der Waals surface area contributed by atoms with E-state index >= 15 is 0 Å². The summed E-state index contributed by atoms with van der Waals surface area (Å²) in [6, 6.07) is 0. The van der Waals surface area contributed by atoms with Crippen LogP contribution in [0, 0.1) is 11.8 Å². The van der Waals surface area contributed by atoms with Crippen molar-refractivity contribution in [3.05, 3.63) is 0 Å². The quantitative estimate of drug-likeness (QED) is 0.0222. The molecule has 648 valence electrons. The number of carbonyl (C=O) groups is 4. The van der Waals surface area contributed by atoms with Gasteiger partial charge in [0, 0.05) is 25.7 Å². The molecule has 0 aliphatic carbocycles. The highest BCUT2D eigenvalue weighted by Gasteiger charge is 2.31. The zero-order valence-corrected chi connectivity index (χ0v) is 73.7. The first-order valence-corrected chi connectivity index (χ1v) is 49.5. The SMILES string of the molecule is CCCCCCCCCCCCCCCCCCCCCCCCC(=O)O[C@H](COC(=O)CCCCCCCCCCCCCCCCCCCCC(C)C)COP(=O)(O)OC[C@@H](O)COP(=O)(O)OC[C@@H](COC(=O)CCCCCCCCCC(C)C)OC(=O)CCCCCCCCCCCCCCCCCC. The van der Waals surface area contributed by atoms with Crippen molar-refractivity contribution in [3.63, 3.8) is 0 Å². The number of unbranched alkanes of at least 4 members (excludes halogenated alkanes) is 59. The van der Waals surface area contributed by atoms with Crippen LogP contribution in [0.2, 0.25) is 0 Å². The van der Waals surface area contributed by atoms with Crippen molar-refractivity contribution in [1.29, 1.82) is 0 Å². The van der Waals surface area contributed by atoms with Crippen LogP contribution in [0.1, 0.15) is 485 Å². The second-order valence-corrected chi connectivity index (χ2v) is 36.2. The highest BCUT2D eigenvalue weighted by Crippen LogP contribution is 2.45. The van der Waals surface area contributed by atoms with E-state index in [1.54, 1.807) is 0 Å².